The molecule has 35 heavy (non-hydrogen) atoms. The molecule has 0 bridgehead atoms. The average Bonchev–Trinajstić information content (AvgIpc) is 3.14. The Kier molecular flexibility index (Phi) is 5.49. The number of nitrogens with zero attached hydrogens (tertiary/aromatic N) is 4. The summed E-state index contributed by atoms with van der Waals surface area (Å²) in [5.74, 6) is -0.848. The molecule has 3 aromatic carbocycles. The van der Waals surface area contributed by atoms with Crippen LogP contribution in [0.5, 0.6) is 5.88 Å². The Balaban J connectivity index is 1.57. The first-order valence-electron chi connectivity index (χ1n) is 11.2. The smallest absolute Gasteiger partial charge is 0.286 e. The molecule has 8 nitrogen and oxygen atoms in total. The highest BCUT2D eigenvalue weighted by Crippen LogP contribution is 2.35. The van der Waals surface area contributed by atoms with Crippen LogP contribution >= 0.6 is 0 Å². The summed E-state index contributed by atoms with van der Waals surface area (Å²) in [5, 5.41) is 24.3. The number of hydrogen-bond acceptors (Lipinski definition) is 5. The molecule has 0 saturated heterocycles. The van der Waals surface area contributed by atoms with Crippen LogP contribution in [-0.4, -0.2) is 25.8 Å². The summed E-state index contributed by atoms with van der Waals surface area (Å²) in [6, 6.07) is 18.5. The highest BCUT2D eigenvalue weighted by molar-refractivity contribution is 5.96. The van der Waals surface area contributed by atoms with Crippen LogP contribution in [0.3, 0.4) is 0 Å². The van der Waals surface area contributed by atoms with Gasteiger partial charge in [-0.25, -0.2) is 4.68 Å². The summed E-state index contributed by atoms with van der Waals surface area (Å²) >= 11 is 0. The lowest BCUT2D eigenvalue weighted by atomic mass is 9.94. The van der Waals surface area contributed by atoms with E-state index in [4.69, 9.17) is 0 Å². The lowest BCUT2D eigenvalue weighted by molar-refractivity contribution is -0.119. The summed E-state index contributed by atoms with van der Waals surface area (Å²) in [6.45, 7) is 5.67. The lowest BCUT2D eigenvalue weighted by Gasteiger charge is -2.15. The fourth-order valence-corrected chi connectivity index (χ4v) is 4.56. The normalized spacial score (nSPS) is 11.6. The number of aromatic hydroxyl groups is 1. The van der Waals surface area contributed by atoms with Gasteiger partial charge in [-0.2, -0.15) is 5.10 Å². The van der Waals surface area contributed by atoms with Crippen molar-refractivity contribution in [1.82, 2.24) is 14.8 Å². The number of benzene rings is 3. The van der Waals surface area contributed by atoms with E-state index in [-0.39, 0.29) is 23.7 Å². The van der Waals surface area contributed by atoms with E-state index in [2.05, 4.69) is 32.4 Å². The Morgan fingerprint density at radius 3 is 2.31 bits per heavy atom. The van der Waals surface area contributed by atoms with E-state index in [0.717, 1.165) is 32.3 Å². The number of amides is 1. The van der Waals surface area contributed by atoms with E-state index in [9.17, 15) is 14.7 Å². The summed E-state index contributed by atoms with van der Waals surface area (Å²) < 4.78 is 1.13. The van der Waals surface area contributed by atoms with Crippen LogP contribution in [0, 0.1) is 20.8 Å². The number of aromatic nitrogens is 3. The Hall–Kier alpha value is -4.59. The molecule has 0 aliphatic heterocycles. The first-order chi connectivity index (χ1) is 16.8. The van der Waals surface area contributed by atoms with E-state index >= 15 is 0 Å². The average molecular weight is 466 g/mol. The molecule has 5 aromatic rings. The van der Waals surface area contributed by atoms with Crippen molar-refractivity contribution in [3.05, 3.63) is 87.7 Å². The number of nitrogens with one attached hydrogen (secondary N) is 1. The van der Waals surface area contributed by atoms with Crippen molar-refractivity contribution in [2.24, 2.45) is 10.2 Å². The van der Waals surface area contributed by atoms with Crippen LogP contribution in [0.25, 0.3) is 32.9 Å². The number of para-hydroxylation sites is 1. The minimum atomic E-state index is -0.664. The maximum atomic E-state index is 13.2. The Morgan fingerprint density at radius 1 is 0.971 bits per heavy atom. The minimum absolute atomic E-state index is 0.166. The molecule has 2 aromatic heterocycles. The topological polar surface area (TPSA) is 113 Å². The highest BCUT2D eigenvalue weighted by Gasteiger charge is 2.17. The number of carbonyl (C=O) groups excluding carboxylic acids is 1. The van der Waals surface area contributed by atoms with Gasteiger partial charge >= 0.3 is 0 Å². The standard InChI is InChI=1S/C27H23N5O3/c1-15-12-16(2)23(17(3)13-15)24-18-8-4-5-9-19(18)27(35)32(31-24)14-22(33)29-30-25-20-10-6-7-11-21(20)28-26(25)34/h4-13,28,34H,14H2,1-3H3. The Morgan fingerprint density at radius 2 is 1.60 bits per heavy atom. The Bertz CT molecular complexity index is 1690. The van der Waals surface area contributed by atoms with Crippen LogP contribution in [0.15, 0.2) is 75.7 Å². The van der Waals surface area contributed by atoms with Gasteiger partial charge in [0.25, 0.3) is 11.5 Å². The minimum Gasteiger partial charge on any atom is -0.493 e. The third-order valence-corrected chi connectivity index (χ3v) is 5.99. The van der Waals surface area contributed by atoms with Gasteiger partial charge in [-0.05, 0) is 44.0 Å². The summed E-state index contributed by atoms with van der Waals surface area (Å²) in [7, 11) is 0. The van der Waals surface area contributed by atoms with E-state index in [0.29, 0.717) is 22.0 Å². The number of fused-ring (bicyclic) bond motifs is 2. The fourth-order valence-electron chi connectivity index (χ4n) is 4.56. The second kappa shape index (κ2) is 8.64. The molecule has 174 valence electrons. The van der Waals surface area contributed by atoms with Gasteiger partial charge in [0.2, 0.25) is 5.88 Å². The second-order valence-corrected chi connectivity index (χ2v) is 8.59. The third-order valence-electron chi connectivity index (χ3n) is 5.99. The van der Waals surface area contributed by atoms with Crippen molar-refractivity contribution in [1.29, 1.82) is 0 Å². The zero-order valence-electron chi connectivity index (χ0n) is 19.5. The summed E-state index contributed by atoms with van der Waals surface area (Å²) in [4.78, 5) is 28.7. The van der Waals surface area contributed by atoms with Gasteiger partial charge in [-0.15, -0.1) is 10.2 Å². The predicted molar refractivity (Wildman–Crippen MR) is 135 cm³/mol. The molecule has 0 atom stereocenters. The molecule has 0 aliphatic carbocycles. The molecule has 0 spiro atoms. The monoisotopic (exact) mass is 465 g/mol. The zero-order valence-corrected chi connectivity index (χ0v) is 19.5. The number of hydrogen-bond donors (Lipinski definition) is 2. The van der Waals surface area contributed by atoms with Crippen molar-refractivity contribution in [2.45, 2.75) is 27.3 Å². The maximum absolute atomic E-state index is 13.2. The number of aryl methyl sites for hydroxylation is 3. The van der Waals surface area contributed by atoms with Crippen molar-refractivity contribution < 1.29 is 9.90 Å². The first kappa shape index (κ1) is 22.2. The molecule has 0 aliphatic rings. The van der Waals surface area contributed by atoms with Gasteiger partial charge in [-0.1, -0.05) is 54.1 Å². The number of rotatable bonds is 4. The fraction of sp³-hybridized carbons (Fsp3) is 0.148. The van der Waals surface area contributed by atoms with Gasteiger partial charge in [0.05, 0.1) is 16.6 Å². The van der Waals surface area contributed by atoms with Crippen LogP contribution in [0.4, 0.5) is 5.69 Å². The Labute approximate surface area is 200 Å². The molecule has 0 radical (unpaired) electrons. The van der Waals surface area contributed by atoms with E-state index < -0.39 is 5.91 Å². The molecule has 2 N–H and O–H groups in total. The van der Waals surface area contributed by atoms with E-state index in [1.807, 2.05) is 39.0 Å². The first-order valence-corrected chi connectivity index (χ1v) is 11.2. The van der Waals surface area contributed by atoms with Gasteiger partial charge in [-0.3, -0.25) is 9.59 Å². The third kappa shape index (κ3) is 3.99. The molecular formula is C27H23N5O3. The number of carbonyl (C=O) groups is 1. The van der Waals surface area contributed by atoms with Gasteiger partial charge in [0, 0.05) is 16.3 Å². The number of aromatic amines is 1. The van der Waals surface area contributed by atoms with E-state index in [1.54, 1.807) is 30.3 Å². The van der Waals surface area contributed by atoms with Crippen molar-refractivity contribution in [2.75, 3.05) is 0 Å². The van der Waals surface area contributed by atoms with Crippen LogP contribution in [-0.2, 0) is 11.3 Å². The van der Waals surface area contributed by atoms with Gasteiger partial charge in [0.1, 0.15) is 6.54 Å². The van der Waals surface area contributed by atoms with Crippen LogP contribution in [0.1, 0.15) is 16.7 Å². The van der Waals surface area contributed by atoms with Gasteiger partial charge < -0.3 is 10.1 Å². The quantitative estimate of drug-likeness (QED) is 0.342. The zero-order chi connectivity index (χ0) is 24.7. The molecule has 8 heteroatoms. The molecule has 0 saturated carbocycles. The highest BCUT2D eigenvalue weighted by atomic mass is 16.3. The van der Waals surface area contributed by atoms with Crippen LogP contribution < -0.4 is 5.56 Å². The SMILES string of the molecule is Cc1cc(C)c(-c2nn(CC(=O)N=Nc3c(O)[nH]c4ccccc34)c(=O)c3ccccc23)c(C)c1. The van der Waals surface area contributed by atoms with E-state index in [1.165, 1.54) is 0 Å². The van der Waals surface area contributed by atoms with Crippen LogP contribution in [0.2, 0.25) is 0 Å². The largest absolute Gasteiger partial charge is 0.493 e. The van der Waals surface area contributed by atoms with Crippen molar-refractivity contribution in [3.8, 4) is 17.1 Å². The van der Waals surface area contributed by atoms with Gasteiger partial charge in [0.15, 0.2) is 5.69 Å². The predicted octanol–water partition coefficient (Wildman–Crippen LogP) is 5.49. The molecule has 0 unspecified atom stereocenters. The second-order valence-electron chi connectivity index (χ2n) is 8.59. The number of H-pyrrole nitrogens is 1. The molecule has 0 fully saturated rings. The number of azo groups is 1. The summed E-state index contributed by atoms with van der Waals surface area (Å²) in [5.41, 5.74) is 5.22. The maximum Gasteiger partial charge on any atom is 0.286 e. The molecule has 1 amide bonds. The molecule has 2 heterocycles. The van der Waals surface area contributed by atoms with Crippen molar-refractivity contribution in [3.63, 3.8) is 0 Å². The molecular weight excluding hydrogens is 442 g/mol. The lowest BCUT2D eigenvalue weighted by Crippen LogP contribution is -2.27. The summed E-state index contributed by atoms with van der Waals surface area (Å²) in [6.07, 6.45) is 0. The van der Waals surface area contributed by atoms with Crippen molar-refractivity contribution >= 4 is 33.3 Å². The molecule has 5 rings (SSSR count).